The molecule has 1 N–H and O–H groups in total. The van der Waals surface area contributed by atoms with Crippen LogP contribution in [0.25, 0.3) is 11.3 Å². The second kappa shape index (κ2) is 4.82. The molecule has 0 saturated heterocycles. The van der Waals surface area contributed by atoms with Crippen LogP contribution in [-0.2, 0) is 7.05 Å². The Bertz CT molecular complexity index is 458. The van der Waals surface area contributed by atoms with Crippen molar-refractivity contribution in [3.8, 4) is 11.3 Å². The van der Waals surface area contributed by atoms with Crippen LogP contribution in [0.1, 0.15) is 0 Å². The van der Waals surface area contributed by atoms with Crippen molar-refractivity contribution in [1.82, 2.24) is 4.98 Å². The minimum Gasteiger partial charge on any atom is -1.00 e. The molecule has 2 heterocycles. The van der Waals surface area contributed by atoms with E-state index in [0.29, 0.717) is 0 Å². The average molecular weight is 289 g/mol. The first-order valence-electron chi connectivity index (χ1n) is 3.89. The quantitative estimate of drug-likeness (QED) is 0.544. The Morgan fingerprint density at radius 3 is 2.50 bits per heavy atom. The standard InChI is InChI=1S/C9H8N2S2.BrH/c1-11-4-2-7(3-5-11)8-6-13-9(12)10-8;/h2-6H,1H3;1H. The maximum Gasteiger partial charge on any atom is 0.169 e. The van der Waals surface area contributed by atoms with Gasteiger partial charge in [0.05, 0.1) is 5.69 Å². The van der Waals surface area contributed by atoms with Gasteiger partial charge in [-0.3, -0.25) is 0 Å². The molecule has 0 aromatic carbocycles. The lowest BCUT2D eigenvalue weighted by molar-refractivity contribution is -0.671. The molecule has 0 aliphatic rings. The van der Waals surface area contributed by atoms with Crippen LogP contribution in [0.5, 0.6) is 0 Å². The molecule has 2 rings (SSSR count). The SMILES string of the molecule is C[n+]1ccc(-c2csc(=S)[nH]2)cc1.[Br-]. The van der Waals surface area contributed by atoms with E-state index in [1.54, 1.807) is 11.3 Å². The van der Waals surface area contributed by atoms with E-state index in [2.05, 4.69) is 17.1 Å². The summed E-state index contributed by atoms with van der Waals surface area (Å²) < 4.78 is 2.83. The van der Waals surface area contributed by atoms with E-state index in [-0.39, 0.29) is 17.0 Å². The Hall–Kier alpha value is -0.520. The third-order valence-electron chi connectivity index (χ3n) is 1.81. The maximum atomic E-state index is 5.02. The molecule has 0 unspecified atom stereocenters. The largest absolute Gasteiger partial charge is 1.00 e. The first-order valence-corrected chi connectivity index (χ1v) is 5.18. The number of aromatic amines is 1. The van der Waals surface area contributed by atoms with Crippen molar-refractivity contribution >= 4 is 23.6 Å². The van der Waals surface area contributed by atoms with Gasteiger partial charge in [-0.2, -0.15) is 0 Å². The van der Waals surface area contributed by atoms with Gasteiger partial charge in [-0.05, 0) is 12.2 Å². The summed E-state index contributed by atoms with van der Waals surface area (Å²) in [6.07, 6.45) is 4.04. The van der Waals surface area contributed by atoms with Gasteiger partial charge in [0.2, 0.25) is 0 Å². The van der Waals surface area contributed by atoms with Gasteiger partial charge in [0.1, 0.15) is 7.05 Å². The lowest BCUT2D eigenvalue weighted by Gasteiger charge is -1.93. The van der Waals surface area contributed by atoms with Crippen LogP contribution in [0.3, 0.4) is 0 Å². The molecule has 0 bridgehead atoms. The van der Waals surface area contributed by atoms with Gasteiger partial charge in [-0.15, -0.1) is 11.3 Å². The summed E-state index contributed by atoms with van der Waals surface area (Å²) in [6, 6.07) is 4.13. The summed E-state index contributed by atoms with van der Waals surface area (Å²) in [7, 11) is 2.00. The van der Waals surface area contributed by atoms with E-state index >= 15 is 0 Å². The molecule has 14 heavy (non-hydrogen) atoms. The molecule has 2 aromatic rings. The van der Waals surface area contributed by atoms with Crippen molar-refractivity contribution in [2.24, 2.45) is 7.05 Å². The first kappa shape index (κ1) is 11.6. The molecule has 0 atom stereocenters. The van der Waals surface area contributed by atoms with Gasteiger partial charge in [-0.1, -0.05) is 0 Å². The zero-order chi connectivity index (χ0) is 9.26. The fourth-order valence-corrected chi connectivity index (χ4v) is 1.95. The summed E-state index contributed by atoms with van der Waals surface area (Å²) in [6.45, 7) is 0. The number of halogens is 1. The van der Waals surface area contributed by atoms with Crippen LogP contribution >= 0.6 is 23.6 Å². The lowest BCUT2D eigenvalue weighted by Crippen LogP contribution is -3.00. The van der Waals surface area contributed by atoms with Crippen LogP contribution in [0, 0.1) is 3.95 Å². The van der Waals surface area contributed by atoms with Gasteiger partial charge in [0.15, 0.2) is 16.3 Å². The molecule has 0 amide bonds. The number of nitrogens with zero attached hydrogens (tertiary/aromatic N) is 1. The molecule has 0 aliphatic heterocycles. The Morgan fingerprint density at radius 2 is 2.00 bits per heavy atom. The van der Waals surface area contributed by atoms with E-state index in [1.807, 2.05) is 29.4 Å². The zero-order valence-electron chi connectivity index (χ0n) is 7.53. The fraction of sp³-hybridized carbons (Fsp3) is 0.111. The molecule has 5 heteroatoms. The third-order valence-corrected chi connectivity index (χ3v) is 2.87. The molecule has 2 aromatic heterocycles. The van der Waals surface area contributed by atoms with Gasteiger partial charge in [0, 0.05) is 23.1 Å². The summed E-state index contributed by atoms with van der Waals surface area (Å²) in [5, 5.41) is 2.04. The summed E-state index contributed by atoms with van der Waals surface area (Å²) in [5.41, 5.74) is 2.26. The normalized spacial score (nSPS) is 9.50. The third kappa shape index (κ3) is 2.50. The number of aromatic nitrogens is 2. The highest BCUT2D eigenvalue weighted by Gasteiger charge is 2.00. The Labute approximate surface area is 102 Å². The van der Waals surface area contributed by atoms with Gasteiger partial charge >= 0.3 is 0 Å². The smallest absolute Gasteiger partial charge is 0.169 e. The second-order valence-corrected chi connectivity index (χ2v) is 4.36. The molecule has 74 valence electrons. The zero-order valence-corrected chi connectivity index (χ0v) is 10.7. The number of hydrogen-bond donors (Lipinski definition) is 1. The Balaban J connectivity index is 0.000000980. The van der Waals surface area contributed by atoms with E-state index < -0.39 is 0 Å². The van der Waals surface area contributed by atoms with Crippen molar-refractivity contribution in [2.45, 2.75) is 0 Å². The number of thiazole rings is 1. The van der Waals surface area contributed by atoms with Crippen LogP contribution in [0.2, 0.25) is 0 Å². The molecule has 0 radical (unpaired) electrons. The highest BCUT2D eigenvalue weighted by atomic mass is 79.9. The second-order valence-electron chi connectivity index (χ2n) is 2.81. The number of rotatable bonds is 1. The van der Waals surface area contributed by atoms with Crippen LogP contribution in [-0.4, -0.2) is 4.98 Å². The van der Waals surface area contributed by atoms with Crippen molar-refractivity contribution < 1.29 is 21.5 Å². The highest BCUT2D eigenvalue weighted by Crippen LogP contribution is 2.17. The summed E-state index contributed by atoms with van der Waals surface area (Å²) in [4.78, 5) is 3.14. The highest BCUT2D eigenvalue weighted by molar-refractivity contribution is 7.73. The summed E-state index contributed by atoms with van der Waals surface area (Å²) in [5.74, 6) is 0. The van der Waals surface area contributed by atoms with Gasteiger partial charge in [-0.25, -0.2) is 4.57 Å². The minimum absolute atomic E-state index is 0. The van der Waals surface area contributed by atoms with E-state index in [1.165, 1.54) is 5.56 Å². The molecule has 0 aliphatic carbocycles. The monoisotopic (exact) mass is 288 g/mol. The van der Waals surface area contributed by atoms with Crippen molar-refractivity contribution in [1.29, 1.82) is 0 Å². The summed E-state index contributed by atoms with van der Waals surface area (Å²) >= 11 is 6.57. The van der Waals surface area contributed by atoms with Gasteiger partial charge in [0.25, 0.3) is 0 Å². The van der Waals surface area contributed by atoms with Crippen molar-refractivity contribution in [3.63, 3.8) is 0 Å². The Kier molecular flexibility index (Phi) is 3.97. The molecule has 0 fully saturated rings. The number of H-pyrrole nitrogens is 1. The molecule has 0 spiro atoms. The van der Waals surface area contributed by atoms with E-state index in [9.17, 15) is 0 Å². The predicted molar refractivity (Wildman–Crippen MR) is 56.1 cm³/mol. The van der Waals surface area contributed by atoms with Gasteiger partial charge < -0.3 is 22.0 Å². The van der Waals surface area contributed by atoms with Crippen LogP contribution in [0.15, 0.2) is 29.9 Å². The topological polar surface area (TPSA) is 19.7 Å². The number of pyridine rings is 1. The van der Waals surface area contributed by atoms with Crippen molar-refractivity contribution in [3.05, 3.63) is 33.9 Å². The molecule has 2 nitrogen and oxygen atoms in total. The molecule has 0 saturated carbocycles. The number of hydrogen-bond acceptors (Lipinski definition) is 2. The Morgan fingerprint density at radius 1 is 1.36 bits per heavy atom. The van der Waals surface area contributed by atoms with E-state index in [4.69, 9.17) is 12.2 Å². The minimum atomic E-state index is 0. The van der Waals surface area contributed by atoms with Crippen LogP contribution in [0.4, 0.5) is 0 Å². The molecular weight excluding hydrogens is 280 g/mol. The predicted octanol–water partition coefficient (Wildman–Crippen LogP) is -0.699. The number of nitrogens with one attached hydrogen (secondary N) is 1. The van der Waals surface area contributed by atoms with Crippen LogP contribution < -0.4 is 21.5 Å². The first-order chi connectivity index (χ1) is 6.25. The maximum absolute atomic E-state index is 5.02. The number of aryl methyl sites for hydroxylation is 1. The molecular formula is C9H9BrN2S2. The van der Waals surface area contributed by atoms with Crippen molar-refractivity contribution in [2.75, 3.05) is 0 Å². The average Bonchev–Trinajstić information content (AvgIpc) is 2.53. The lowest BCUT2D eigenvalue weighted by atomic mass is 10.2. The van der Waals surface area contributed by atoms with E-state index in [0.717, 1.165) is 9.65 Å². The fourth-order valence-electron chi connectivity index (χ4n) is 1.10.